The van der Waals surface area contributed by atoms with Crippen LogP contribution in [0.4, 0.5) is 0 Å². The third-order valence-corrected chi connectivity index (χ3v) is 2.78. The molecule has 14 heavy (non-hydrogen) atoms. The number of nitrogens with zero attached hydrogens (tertiary/aromatic N) is 1. The quantitative estimate of drug-likeness (QED) is 0.558. The minimum absolute atomic E-state index is 0.0844. The topological polar surface area (TPSA) is 90.7 Å². The maximum absolute atomic E-state index is 10.5. The smallest absolute Gasteiger partial charge is 0.365 e. The van der Waals surface area contributed by atoms with E-state index >= 15 is 0 Å². The lowest BCUT2D eigenvalue weighted by atomic mass is 10.2. The molecular formula is C7H9NO4S2. The van der Waals surface area contributed by atoms with E-state index in [1.807, 2.05) is 0 Å². The van der Waals surface area contributed by atoms with Gasteiger partial charge in [-0.3, -0.25) is 0 Å². The molecule has 0 aliphatic rings. The number of rotatable bonds is 4. The Morgan fingerprint density at radius 1 is 1.64 bits per heavy atom. The lowest BCUT2D eigenvalue weighted by molar-refractivity contribution is 0.0312. The number of carbonyl (C=O) groups is 1. The van der Waals surface area contributed by atoms with E-state index in [0.717, 1.165) is 11.3 Å². The molecule has 2 unspecified atom stereocenters. The van der Waals surface area contributed by atoms with E-state index in [4.69, 9.17) is 5.11 Å². The summed E-state index contributed by atoms with van der Waals surface area (Å²) < 4.78 is 0. The molecule has 1 heterocycles. The molecule has 0 aliphatic carbocycles. The third-order valence-electron chi connectivity index (χ3n) is 1.56. The summed E-state index contributed by atoms with van der Waals surface area (Å²) in [6.45, 7) is 0. The molecule has 0 bridgehead atoms. The summed E-state index contributed by atoms with van der Waals surface area (Å²) in [7, 11) is 0. The fourth-order valence-electron chi connectivity index (χ4n) is 0.817. The molecule has 1 rings (SSSR count). The highest BCUT2D eigenvalue weighted by Gasteiger charge is 2.21. The highest BCUT2D eigenvalue weighted by molar-refractivity contribution is 7.80. The van der Waals surface area contributed by atoms with Crippen LogP contribution in [0.1, 0.15) is 21.6 Å². The van der Waals surface area contributed by atoms with Crippen molar-refractivity contribution in [3.8, 4) is 0 Å². The largest absolute Gasteiger partial charge is 0.476 e. The number of aliphatic hydroxyl groups excluding tert-OH is 2. The Morgan fingerprint density at radius 3 is 2.71 bits per heavy atom. The molecule has 0 aliphatic heterocycles. The monoisotopic (exact) mass is 235 g/mol. The van der Waals surface area contributed by atoms with E-state index in [1.54, 1.807) is 0 Å². The van der Waals surface area contributed by atoms with Crippen LogP contribution in [0.2, 0.25) is 0 Å². The second-order valence-corrected chi connectivity index (χ2v) is 3.80. The molecule has 3 N–H and O–H groups in total. The molecule has 0 fully saturated rings. The fourth-order valence-corrected chi connectivity index (χ4v) is 1.70. The number of aliphatic hydroxyl groups is 2. The second kappa shape index (κ2) is 4.74. The van der Waals surface area contributed by atoms with Crippen molar-refractivity contribution in [3.05, 3.63) is 16.1 Å². The molecule has 2 atom stereocenters. The van der Waals surface area contributed by atoms with Crippen LogP contribution in [0.25, 0.3) is 0 Å². The second-order valence-electron chi connectivity index (χ2n) is 2.58. The molecule has 7 heteroatoms. The van der Waals surface area contributed by atoms with Gasteiger partial charge in [-0.05, 0) is 0 Å². The van der Waals surface area contributed by atoms with Gasteiger partial charge in [0.05, 0.1) is 11.8 Å². The summed E-state index contributed by atoms with van der Waals surface area (Å²) in [6, 6.07) is 0. The van der Waals surface area contributed by atoms with Crippen LogP contribution in [0.15, 0.2) is 5.38 Å². The van der Waals surface area contributed by atoms with Crippen molar-refractivity contribution in [2.75, 3.05) is 5.75 Å². The van der Waals surface area contributed by atoms with Gasteiger partial charge in [-0.1, -0.05) is 0 Å². The van der Waals surface area contributed by atoms with Gasteiger partial charge in [0.2, 0.25) is 5.01 Å². The maximum Gasteiger partial charge on any atom is 0.365 e. The van der Waals surface area contributed by atoms with Crippen LogP contribution in [0.3, 0.4) is 0 Å². The summed E-state index contributed by atoms with van der Waals surface area (Å²) in [5.74, 6) is -1.06. The highest BCUT2D eigenvalue weighted by Crippen LogP contribution is 2.20. The van der Waals surface area contributed by atoms with Gasteiger partial charge in [0, 0.05) is 11.1 Å². The van der Waals surface area contributed by atoms with Crippen molar-refractivity contribution < 1.29 is 20.1 Å². The van der Waals surface area contributed by atoms with E-state index in [0.29, 0.717) is 0 Å². The van der Waals surface area contributed by atoms with Gasteiger partial charge >= 0.3 is 5.97 Å². The van der Waals surface area contributed by atoms with E-state index < -0.39 is 18.2 Å². The Morgan fingerprint density at radius 2 is 2.29 bits per heavy atom. The Bertz CT molecular complexity index is 327. The van der Waals surface area contributed by atoms with Crippen molar-refractivity contribution in [1.29, 1.82) is 0 Å². The lowest BCUT2D eigenvalue weighted by Gasteiger charge is -2.12. The van der Waals surface area contributed by atoms with E-state index in [1.165, 1.54) is 5.38 Å². The van der Waals surface area contributed by atoms with Crippen LogP contribution >= 0.6 is 24.0 Å². The summed E-state index contributed by atoms with van der Waals surface area (Å²) in [6.07, 6.45) is -2.22. The zero-order valence-corrected chi connectivity index (χ0v) is 8.70. The van der Waals surface area contributed by atoms with E-state index in [-0.39, 0.29) is 16.5 Å². The summed E-state index contributed by atoms with van der Waals surface area (Å²) in [5, 5.41) is 28.5. The first kappa shape index (κ1) is 11.4. The van der Waals surface area contributed by atoms with Crippen LogP contribution in [-0.2, 0) is 0 Å². The molecule has 78 valence electrons. The number of hydrogen-bond donors (Lipinski definition) is 4. The van der Waals surface area contributed by atoms with Crippen molar-refractivity contribution in [3.63, 3.8) is 0 Å². The predicted octanol–water partition coefficient (Wildman–Crippen LogP) is 0.165. The molecule has 1 aromatic heterocycles. The molecular weight excluding hydrogens is 226 g/mol. The minimum Gasteiger partial charge on any atom is -0.476 e. The normalized spacial score (nSPS) is 15.1. The number of aromatic carboxylic acids is 1. The number of carboxylic acids is 1. The van der Waals surface area contributed by atoms with Crippen molar-refractivity contribution in [2.24, 2.45) is 0 Å². The summed E-state index contributed by atoms with van der Waals surface area (Å²) in [5.41, 5.74) is 0.161. The summed E-state index contributed by atoms with van der Waals surface area (Å²) in [4.78, 5) is 14.1. The van der Waals surface area contributed by atoms with Crippen molar-refractivity contribution in [1.82, 2.24) is 4.98 Å². The highest BCUT2D eigenvalue weighted by atomic mass is 32.1. The Balaban J connectivity index is 2.81. The van der Waals surface area contributed by atoms with Crippen LogP contribution in [0, 0.1) is 0 Å². The van der Waals surface area contributed by atoms with Gasteiger partial charge in [-0.25, -0.2) is 9.78 Å². The molecule has 0 spiro atoms. The standard InChI is InChI=1S/C7H9NO4S2/c9-4(1-13)5(10)3-2-14-6(8-3)7(11)12/h2,4-5,9-10,13H,1H2,(H,11,12). The van der Waals surface area contributed by atoms with Gasteiger partial charge in [0.1, 0.15) is 6.10 Å². The molecule has 1 aromatic rings. The molecule has 0 amide bonds. The fraction of sp³-hybridized carbons (Fsp3) is 0.429. The molecule has 5 nitrogen and oxygen atoms in total. The number of aromatic nitrogens is 1. The molecule has 0 aromatic carbocycles. The lowest BCUT2D eigenvalue weighted by Crippen LogP contribution is -2.20. The van der Waals surface area contributed by atoms with Crippen LogP contribution < -0.4 is 0 Å². The number of thiol groups is 1. The van der Waals surface area contributed by atoms with E-state index in [9.17, 15) is 15.0 Å². The predicted molar refractivity (Wildman–Crippen MR) is 53.9 cm³/mol. The van der Waals surface area contributed by atoms with Gasteiger partial charge in [0.15, 0.2) is 0 Å². The van der Waals surface area contributed by atoms with Crippen molar-refractivity contribution >= 4 is 29.9 Å². The zero-order valence-electron chi connectivity index (χ0n) is 6.99. The van der Waals surface area contributed by atoms with Gasteiger partial charge in [-0.2, -0.15) is 12.6 Å². The first-order valence-corrected chi connectivity index (χ1v) is 5.23. The first-order valence-electron chi connectivity index (χ1n) is 3.72. The summed E-state index contributed by atoms with van der Waals surface area (Å²) >= 11 is 4.71. The average molecular weight is 235 g/mol. The van der Waals surface area contributed by atoms with Gasteiger partial charge in [0.25, 0.3) is 0 Å². The molecule has 0 saturated heterocycles. The Hall–Kier alpha value is -0.630. The number of carboxylic acid groups (broad SMARTS) is 1. The van der Waals surface area contributed by atoms with Gasteiger partial charge < -0.3 is 15.3 Å². The SMILES string of the molecule is O=C(O)c1nc(C(O)C(O)CS)cs1. The molecule has 0 saturated carbocycles. The van der Waals surface area contributed by atoms with Crippen molar-refractivity contribution in [2.45, 2.75) is 12.2 Å². The zero-order chi connectivity index (χ0) is 10.7. The Kier molecular flexibility index (Phi) is 3.87. The van der Waals surface area contributed by atoms with Gasteiger partial charge in [-0.15, -0.1) is 11.3 Å². The Labute approximate surface area is 89.5 Å². The van der Waals surface area contributed by atoms with Crippen LogP contribution in [0.5, 0.6) is 0 Å². The minimum atomic E-state index is -1.18. The van der Waals surface area contributed by atoms with E-state index in [2.05, 4.69) is 17.6 Å². The maximum atomic E-state index is 10.5. The molecule has 0 radical (unpaired) electrons. The number of hydrogen-bond acceptors (Lipinski definition) is 6. The first-order chi connectivity index (χ1) is 6.56. The average Bonchev–Trinajstić information content (AvgIpc) is 2.64. The van der Waals surface area contributed by atoms with Crippen LogP contribution in [-0.4, -0.2) is 38.1 Å². The third kappa shape index (κ3) is 2.44. The number of thiazole rings is 1.